The predicted molar refractivity (Wildman–Crippen MR) is 65.6 cm³/mol. The lowest BCUT2D eigenvalue weighted by Gasteiger charge is -2.07. The summed E-state index contributed by atoms with van der Waals surface area (Å²) in [7, 11) is 1.49. The fourth-order valence-corrected chi connectivity index (χ4v) is 1.64. The second-order valence-electron chi connectivity index (χ2n) is 3.72. The van der Waals surface area contributed by atoms with Crippen LogP contribution in [0.5, 0.6) is 29.0 Å². The SMILES string of the molecule is COc1cc(Oc2ccc3c(c2)OCO3)nc(N)n1. The van der Waals surface area contributed by atoms with Crippen molar-refractivity contribution in [1.29, 1.82) is 0 Å². The Kier molecular flexibility index (Phi) is 2.71. The van der Waals surface area contributed by atoms with E-state index in [1.165, 1.54) is 7.11 Å². The number of methoxy groups -OCH3 is 1. The molecule has 98 valence electrons. The normalized spacial score (nSPS) is 12.3. The molecule has 7 nitrogen and oxygen atoms in total. The summed E-state index contributed by atoms with van der Waals surface area (Å²) in [6, 6.07) is 6.77. The van der Waals surface area contributed by atoms with Crippen LogP contribution in [0.4, 0.5) is 5.95 Å². The van der Waals surface area contributed by atoms with Crippen molar-refractivity contribution in [3.05, 3.63) is 24.3 Å². The molecule has 0 fully saturated rings. The highest BCUT2D eigenvalue weighted by molar-refractivity contribution is 5.47. The molecular weight excluding hydrogens is 250 g/mol. The Balaban J connectivity index is 1.86. The van der Waals surface area contributed by atoms with Crippen LogP contribution in [-0.2, 0) is 0 Å². The number of nitrogen functional groups attached to an aromatic ring is 1. The molecular formula is C12H11N3O4. The number of ether oxygens (including phenoxy) is 4. The maximum atomic E-state index is 5.58. The van der Waals surface area contributed by atoms with Crippen LogP contribution in [0.15, 0.2) is 24.3 Å². The third kappa shape index (κ3) is 2.30. The first kappa shape index (κ1) is 11.4. The van der Waals surface area contributed by atoms with Crippen LogP contribution >= 0.6 is 0 Å². The number of fused-ring (bicyclic) bond motifs is 1. The number of aromatic nitrogens is 2. The van der Waals surface area contributed by atoms with E-state index in [9.17, 15) is 0 Å². The number of hydrogen-bond donors (Lipinski definition) is 1. The molecule has 2 heterocycles. The van der Waals surface area contributed by atoms with E-state index >= 15 is 0 Å². The summed E-state index contributed by atoms with van der Waals surface area (Å²) in [4.78, 5) is 7.83. The lowest BCUT2D eigenvalue weighted by Crippen LogP contribution is -1.99. The molecule has 0 amide bonds. The fraction of sp³-hybridized carbons (Fsp3) is 0.167. The molecule has 3 rings (SSSR count). The van der Waals surface area contributed by atoms with Crippen molar-refractivity contribution < 1.29 is 18.9 Å². The lowest BCUT2D eigenvalue weighted by molar-refractivity contribution is 0.174. The zero-order valence-electron chi connectivity index (χ0n) is 10.1. The Bertz CT molecular complexity index is 618. The summed E-state index contributed by atoms with van der Waals surface area (Å²) in [6.45, 7) is 0.215. The molecule has 0 saturated carbocycles. The molecule has 7 heteroatoms. The quantitative estimate of drug-likeness (QED) is 0.897. The highest BCUT2D eigenvalue weighted by atomic mass is 16.7. The molecule has 1 aliphatic heterocycles. The number of anilines is 1. The molecule has 1 aliphatic rings. The van der Waals surface area contributed by atoms with Gasteiger partial charge in [-0.15, -0.1) is 0 Å². The minimum atomic E-state index is 0.0788. The van der Waals surface area contributed by atoms with E-state index in [4.69, 9.17) is 24.7 Å². The Morgan fingerprint density at radius 3 is 2.74 bits per heavy atom. The molecule has 1 aromatic carbocycles. The average Bonchev–Trinajstić information content (AvgIpc) is 2.85. The Morgan fingerprint density at radius 1 is 1.11 bits per heavy atom. The van der Waals surface area contributed by atoms with Crippen molar-refractivity contribution in [3.8, 4) is 29.0 Å². The minimum Gasteiger partial charge on any atom is -0.481 e. The molecule has 19 heavy (non-hydrogen) atoms. The van der Waals surface area contributed by atoms with Gasteiger partial charge in [0.1, 0.15) is 5.75 Å². The van der Waals surface area contributed by atoms with E-state index in [2.05, 4.69) is 9.97 Å². The summed E-state index contributed by atoms with van der Waals surface area (Å²) in [5, 5.41) is 0. The molecule has 2 N–H and O–H groups in total. The molecule has 0 bridgehead atoms. The molecule has 0 radical (unpaired) electrons. The topological polar surface area (TPSA) is 88.7 Å². The van der Waals surface area contributed by atoms with Gasteiger partial charge in [-0.1, -0.05) is 0 Å². The van der Waals surface area contributed by atoms with Gasteiger partial charge in [0.05, 0.1) is 13.2 Å². The van der Waals surface area contributed by atoms with Gasteiger partial charge in [0, 0.05) is 6.07 Å². The number of nitrogens with zero attached hydrogens (tertiary/aromatic N) is 2. The maximum absolute atomic E-state index is 5.58. The van der Waals surface area contributed by atoms with Crippen LogP contribution < -0.4 is 24.7 Å². The first-order valence-corrected chi connectivity index (χ1v) is 5.50. The van der Waals surface area contributed by atoms with Crippen LogP contribution in [0.3, 0.4) is 0 Å². The van der Waals surface area contributed by atoms with Crippen LogP contribution in [-0.4, -0.2) is 23.9 Å². The lowest BCUT2D eigenvalue weighted by atomic mass is 10.3. The van der Waals surface area contributed by atoms with Crippen molar-refractivity contribution in [1.82, 2.24) is 9.97 Å². The summed E-state index contributed by atoms with van der Waals surface area (Å²) in [5.41, 5.74) is 5.55. The van der Waals surface area contributed by atoms with E-state index in [0.29, 0.717) is 29.0 Å². The fourth-order valence-electron chi connectivity index (χ4n) is 1.64. The molecule has 2 aromatic rings. The summed E-state index contributed by atoms with van der Waals surface area (Å²) < 4.78 is 21.0. The largest absolute Gasteiger partial charge is 0.481 e. The van der Waals surface area contributed by atoms with E-state index in [0.717, 1.165) is 0 Å². The zero-order valence-corrected chi connectivity index (χ0v) is 10.1. The highest BCUT2D eigenvalue weighted by Crippen LogP contribution is 2.36. The number of nitrogens with two attached hydrogens (primary N) is 1. The monoisotopic (exact) mass is 261 g/mol. The third-order valence-corrected chi connectivity index (χ3v) is 2.47. The number of rotatable bonds is 3. The molecule has 0 unspecified atom stereocenters. The van der Waals surface area contributed by atoms with Crippen LogP contribution in [0.1, 0.15) is 0 Å². The molecule has 1 aromatic heterocycles. The van der Waals surface area contributed by atoms with Crippen molar-refractivity contribution in [2.75, 3.05) is 19.6 Å². The van der Waals surface area contributed by atoms with Gasteiger partial charge < -0.3 is 24.7 Å². The Morgan fingerprint density at radius 2 is 1.89 bits per heavy atom. The van der Waals surface area contributed by atoms with Crippen LogP contribution in [0.2, 0.25) is 0 Å². The first-order valence-electron chi connectivity index (χ1n) is 5.50. The van der Waals surface area contributed by atoms with E-state index < -0.39 is 0 Å². The molecule has 0 saturated heterocycles. The smallest absolute Gasteiger partial charge is 0.231 e. The summed E-state index contributed by atoms with van der Waals surface area (Å²) in [6.07, 6.45) is 0. The second kappa shape index (κ2) is 4.52. The zero-order chi connectivity index (χ0) is 13.2. The van der Waals surface area contributed by atoms with Gasteiger partial charge in [-0.2, -0.15) is 9.97 Å². The van der Waals surface area contributed by atoms with Crippen molar-refractivity contribution >= 4 is 5.95 Å². The Labute approximate surface area is 108 Å². The van der Waals surface area contributed by atoms with Gasteiger partial charge in [0.15, 0.2) is 11.5 Å². The van der Waals surface area contributed by atoms with Crippen LogP contribution in [0, 0.1) is 0 Å². The summed E-state index contributed by atoms with van der Waals surface area (Å²) in [5.74, 6) is 2.59. The van der Waals surface area contributed by atoms with E-state index in [-0.39, 0.29) is 12.7 Å². The molecule has 0 atom stereocenters. The Hall–Kier alpha value is -2.70. The van der Waals surface area contributed by atoms with Gasteiger partial charge in [-0.05, 0) is 12.1 Å². The molecule has 0 aliphatic carbocycles. The second-order valence-corrected chi connectivity index (χ2v) is 3.72. The average molecular weight is 261 g/mol. The minimum absolute atomic E-state index is 0.0788. The standard InChI is InChI=1S/C12H11N3O4/c1-16-10-5-11(15-12(13)14-10)19-7-2-3-8-9(4-7)18-6-17-8/h2-5H,6H2,1H3,(H2,13,14,15). The summed E-state index contributed by atoms with van der Waals surface area (Å²) >= 11 is 0. The van der Waals surface area contributed by atoms with Gasteiger partial charge in [-0.25, -0.2) is 0 Å². The number of benzene rings is 1. The molecule has 0 spiro atoms. The maximum Gasteiger partial charge on any atom is 0.231 e. The van der Waals surface area contributed by atoms with Gasteiger partial charge in [-0.3, -0.25) is 0 Å². The number of hydrogen-bond acceptors (Lipinski definition) is 7. The van der Waals surface area contributed by atoms with E-state index in [1.807, 2.05) is 0 Å². The third-order valence-electron chi connectivity index (χ3n) is 2.47. The van der Waals surface area contributed by atoms with Crippen molar-refractivity contribution in [3.63, 3.8) is 0 Å². The van der Waals surface area contributed by atoms with Gasteiger partial charge in [0.25, 0.3) is 0 Å². The van der Waals surface area contributed by atoms with Crippen molar-refractivity contribution in [2.45, 2.75) is 0 Å². The first-order chi connectivity index (χ1) is 9.24. The van der Waals surface area contributed by atoms with Crippen molar-refractivity contribution in [2.24, 2.45) is 0 Å². The highest BCUT2D eigenvalue weighted by Gasteiger charge is 2.14. The van der Waals surface area contributed by atoms with Gasteiger partial charge in [0.2, 0.25) is 24.5 Å². The predicted octanol–water partition coefficient (Wildman–Crippen LogP) is 1.59. The van der Waals surface area contributed by atoms with Gasteiger partial charge >= 0.3 is 0 Å². The van der Waals surface area contributed by atoms with Crippen LogP contribution in [0.25, 0.3) is 0 Å². The van der Waals surface area contributed by atoms with E-state index in [1.54, 1.807) is 24.3 Å².